The second-order valence-corrected chi connectivity index (χ2v) is 9.21. The zero-order valence-corrected chi connectivity index (χ0v) is 19.0. The molecule has 4 heterocycles. The number of piperidine rings is 1. The SMILES string of the molecule is Cc1nc(-c2ccccn2)sc1C(=O)N1CCC[C@@H](c2ncc(Cc3ccc(F)cc3)o2)C1. The van der Waals surface area contributed by atoms with Gasteiger partial charge < -0.3 is 9.32 Å². The number of benzene rings is 1. The van der Waals surface area contributed by atoms with E-state index in [1.54, 1.807) is 24.5 Å². The third-order valence-corrected chi connectivity index (χ3v) is 6.96. The van der Waals surface area contributed by atoms with Gasteiger partial charge in [-0.05, 0) is 49.6 Å². The highest BCUT2D eigenvalue weighted by atomic mass is 32.1. The number of oxazole rings is 1. The number of nitrogens with zero attached hydrogens (tertiary/aromatic N) is 4. The first-order valence-corrected chi connectivity index (χ1v) is 11.8. The highest BCUT2D eigenvalue weighted by Gasteiger charge is 2.30. The highest BCUT2D eigenvalue weighted by Crippen LogP contribution is 2.31. The Kier molecular flexibility index (Phi) is 6.00. The summed E-state index contributed by atoms with van der Waals surface area (Å²) in [5, 5.41) is 0.753. The minimum absolute atomic E-state index is 0.00465. The van der Waals surface area contributed by atoms with Gasteiger partial charge in [0.05, 0.1) is 23.5 Å². The summed E-state index contributed by atoms with van der Waals surface area (Å²) in [5.41, 5.74) is 2.46. The van der Waals surface area contributed by atoms with Crippen molar-refractivity contribution >= 4 is 17.2 Å². The van der Waals surface area contributed by atoms with Crippen LogP contribution in [0.15, 0.2) is 59.3 Å². The predicted octanol–water partition coefficient (Wildman–Crippen LogP) is 5.25. The Bertz CT molecular complexity index is 1250. The first kappa shape index (κ1) is 21.5. The largest absolute Gasteiger partial charge is 0.445 e. The van der Waals surface area contributed by atoms with Crippen LogP contribution in [-0.4, -0.2) is 38.8 Å². The van der Waals surface area contributed by atoms with E-state index in [0.717, 1.165) is 40.6 Å². The monoisotopic (exact) mass is 462 g/mol. The molecule has 0 radical (unpaired) electrons. The van der Waals surface area contributed by atoms with Crippen molar-refractivity contribution in [3.8, 4) is 10.7 Å². The van der Waals surface area contributed by atoms with Gasteiger partial charge >= 0.3 is 0 Å². The van der Waals surface area contributed by atoms with Gasteiger partial charge in [0.15, 0.2) is 5.89 Å². The van der Waals surface area contributed by atoms with Crippen LogP contribution >= 0.6 is 11.3 Å². The number of rotatable bonds is 5. The predicted molar refractivity (Wildman–Crippen MR) is 124 cm³/mol. The van der Waals surface area contributed by atoms with Crippen molar-refractivity contribution < 1.29 is 13.6 Å². The molecule has 1 aliphatic heterocycles. The van der Waals surface area contributed by atoms with E-state index in [-0.39, 0.29) is 17.6 Å². The summed E-state index contributed by atoms with van der Waals surface area (Å²) < 4.78 is 19.2. The lowest BCUT2D eigenvalue weighted by Crippen LogP contribution is -2.39. The Morgan fingerprint density at radius 3 is 2.85 bits per heavy atom. The molecule has 1 amide bonds. The highest BCUT2D eigenvalue weighted by molar-refractivity contribution is 7.17. The molecule has 1 aromatic carbocycles. The van der Waals surface area contributed by atoms with Crippen molar-refractivity contribution in [2.75, 3.05) is 13.1 Å². The molecule has 0 saturated carbocycles. The smallest absolute Gasteiger partial charge is 0.265 e. The van der Waals surface area contributed by atoms with E-state index in [9.17, 15) is 9.18 Å². The van der Waals surface area contributed by atoms with E-state index < -0.39 is 0 Å². The quantitative estimate of drug-likeness (QED) is 0.405. The molecule has 1 atom stereocenters. The van der Waals surface area contributed by atoms with Gasteiger partial charge in [-0.3, -0.25) is 9.78 Å². The summed E-state index contributed by atoms with van der Waals surface area (Å²) in [4.78, 5) is 29.2. The van der Waals surface area contributed by atoms with Crippen molar-refractivity contribution in [2.24, 2.45) is 0 Å². The number of carbonyl (C=O) groups excluding carboxylic acids is 1. The van der Waals surface area contributed by atoms with Gasteiger partial charge in [0.1, 0.15) is 21.5 Å². The number of aryl methyl sites for hydroxylation is 1. The van der Waals surface area contributed by atoms with Crippen molar-refractivity contribution in [3.63, 3.8) is 0 Å². The van der Waals surface area contributed by atoms with Crippen LogP contribution in [-0.2, 0) is 6.42 Å². The van der Waals surface area contributed by atoms with Gasteiger partial charge in [-0.2, -0.15) is 0 Å². The Hall–Kier alpha value is -3.39. The molecule has 3 aromatic heterocycles. The Labute approximate surface area is 195 Å². The normalized spacial score (nSPS) is 16.2. The average molecular weight is 463 g/mol. The van der Waals surface area contributed by atoms with E-state index in [4.69, 9.17) is 4.42 Å². The molecule has 6 nitrogen and oxygen atoms in total. The Morgan fingerprint density at radius 1 is 1.21 bits per heavy atom. The molecule has 1 saturated heterocycles. The maximum Gasteiger partial charge on any atom is 0.265 e. The number of carbonyl (C=O) groups is 1. The molecule has 1 aliphatic rings. The summed E-state index contributed by atoms with van der Waals surface area (Å²) in [7, 11) is 0. The number of hydrogen-bond donors (Lipinski definition) is 0. The zero-order valence-electron chi connectivity index (χ0n) is 18.2. The molecule has 8 heteroatoms. The van der Waals surface area contributed by atoms with Gasteiger partial charge in [0.25, 0.3) is 5.91 Å². The number of likely N-dealkylation sites (tertiary alicyclic amines) is 1. The molecule has 5 rings (SSSR count). The summed E-state index contributed by atoms with van der Waals surface area (Å²) in [6.07, 6.45) is 5.81. The molecule has 33 heavy (non-hydrogen) atoms. The number of aromatic nitrogens is 3. The van der Waals surface area contributed by atoms with Gasteiger partial charge in [0.2, 0.25) is 0 Å². The third kappa shape index (κ3) is 4.71. The first-order valence-electron chi connectivity index (χ1n) is 10.9. The van der Waals surface area contributed by atoms with E-state index in [0.29, 0.717) is 30.3 Å². The van der Waals surface area contributed by atoms with Crippen LogP contribution in [0.5, 0.6) is 0 Å². The topological polar surface area (TPSA) is 72.1 Å². The van der Waals surface area contributed by atoms with Gasteiger partial charge in [0, 0.05) is 25.7 Å². The van der Waals surface area contributed by atoms with Gasteiger partial charge in [-0.15, -0.1) is 11.3 Å². The third-order valence-electron chi connectivity index (χ3n) is 5.80. The van der Waals surface area contributed by atoms with E-state index >= 15 is 0 Å². The van der Waals surface area contributed by atoms with Crippen LogP contribution in [0.2, 0.25) is 0 Å². The fraction of sp³-hybridized carbons (Fsp3) is 0.280. The van der Waals surface area contributed by atoms with Crippen LogP contribution in [0.4, 0.5) is 4.39 Å². The number of thiazole rings is 1. The molecule has 168 valence electrons. The molecule has 0 N–H and O–H groups in total. The Balaban J connectivity index is 1.28. The minimum atomic E-state index is -0.257. The number of halogens is 1. The Morgan fingerprint density at radius 2 is 2.06 bits per heavy atom. The molecule has 1 fully saturated rings. The van der Waals surface area contributed by atoms with Crippen LogP contribution in [0.1, 0.15) is 51.3 Å². The van der Waals surface area contributed by atoms with E-state index in [1.165, 1.54) is 23.5 Å². The van der Waals surface area contributed by atoms with E-state index in [1.807, 2.05) is 30.0 Å². The lowest BCUT2D eigenvalue weighted by Gasteiger charge is -2.31. The summed E-state index contributed by atoms with van der Waals surface area (Å²) >= 11 is 1.39. The van der Waals surface area contributed by atoms with Crippen LogP contribution in [0, 0.1) is 12.7 Å². The number of amides is 1. The van der Waals surface area contributed by atoms with Crippen molar-refractivity contribution in [3.05, 3.63) is 88.5 Å². The molecular formula is C25H23FN4O2S. The van der Waals surface area contributed by atoms with Crippen LogP contribution in [0.25, 0.3) is 10.7 Å². The second kappa shape index (κ2) is 9.23. The summed E-state index contributed by atoms with van der Waals surface area (Å²) in [6, 6.07) is 12.0. The van der Waals surface area contributed by atoms with Crippen molar-refractivity contribution in [1.82, 2.24) is 19.9 Å². The van der Waals surface area contributed by atoms with Crippen LogP contribution < -0.4 is 0 Å². The van der Waals surface area contributed by atoms with E-state index in [2.05, 4.69) is 15.0 Å². The zero-order chi connectivity index (χ0) is 22.8. The fourth-order valence-corrected chi connectivity index (χ4v) is 5.11. The fourth-order valence-electron chi connectivity index (χ4n) is 4.10. The minimum Gasteiger partial charge on any atom is -0.445 e. The van der Waals surface area contributed by atoms with Gasteiger partial charge in [-0.25, -0.2) is 14.4 Å². The number of pyridine rings is 1. The maximum absolute atomic E-state index is 13.3. The lowest BCUT2D eigenvalue weighted by molar-refractivity contribution is 0.0702. The molecule has 0 spiro atoms. The standard InChI is InChI=1S/C25H23FN4O2S/c1-16-22(33-24(29-16)21-6-2-3-11-27-21)25(31)30-12-4-5-18(15-30)23-28-14-20(32-23)13-17-7-9-19(26)10-8-17/h2-3,6-11,14,18H,4-5,12-13,15H2,1H3/t18-/m1/s1. The molecule has 0 bridgehead atoms. The molecule has 0 unspecified atom stereocenters. The molecule has 4 aromatic rings. The first-order chi connectivity index (χ1) is 16.1. The van der Waals surface area contributed by atoms with Gasteiger partial charge in [-0.1, -0.05) is 18.2 Å². The average Bonchev–Trinajstić information content (AvgIpc) is 3.47. The van der Waals surface area contributed by atoms with Crippen molar-refractivity contribution in [2.45, 2.75) is 32.1 Å². The summed E-state index contributed by atoms with van der Waals surface area (Å²) in [5.74, 6) is 1.17. The molecule has 0 aliphatic carbocycles. The second-order valence-electron chi connectivity index (χ2n) is 8.21. The van der Waals surface area contributed by atoms with Crippen LogP contribution in [0.3, 0.4) is 0 Å². The maximum atomic E-state index is 13.3. The lowest BCUT2D eigenvalue weighted by atomic mass is 9.98. The summed E-state index contributed by atoms with van der Waals surface area (Å²) in [6.45, 7) is 3.13. The van der Waals surface area contributed by atoms with Crippen molar-refractivity contribution in [1.29, 1.82) is 0 Å². The number of hydrogen-bond acceptors (Lipinski definition) is 6. The molecular weight excluding hydrogens is 439 g/mol.